The highest BCUT2D eigenvalue weighted by molar-refractivity contribution is 6.16. The zero-order valence-corrected chi connectivity index (χ0v) is 12.7. The van der Waals surface area contributed by atoms with Crippen molar-refractivity contribution in [2.75, 3.05) is 22.9 Å². The van der Waals surface area contributed by atoms with E-state index >= 15 is 0 Å². The number of para-hydroxylation sites is 2. The molecule has 2 aliphatic rings. The van der Waals surface area contributed by atoms with Gasteiger partial charge in [-0.2, -0.15) is 0 Å². The topological polar surface area (TPSA) is 18.8 Å². The lowest BCUT2D eigenvalue weighted by molar-refractivity contribution is -0.00000398. The Morgan fingerprint density at radius 2 is 1.71 bits per heavy atom. The van der Waals surface area contributed by atoms with E-state index in [9.17, 15) is 0 Å². The molecule has 0 aromatic heterocycles. The van der Waals surface area contributed by atoms with E-state index in [1.807, 2.05) is 0 Å². The SMILES string of the molecule is Cc1ccc(CN2C3=NCCN3c3ccccc32)cc1.[Cl-]. The number of halogens is 1. The minimum absolute atomic E-state index is 0. The fourth-order valence-corrected chi connectivity index (χ4v) is 2.95. The van der Waals surface area contributed by atoms with Crippen LogP contribution in [0.5, 0.6) is 0 Å². The van der Waals surface area contributed by atoms with Crippen LogP contribution in [0.3, 0.4) is 0 Å². The van der Waals surface area contributed by atoms with Crippen molar-refractivity contribution >= 4 is 17.3 Å². The lowest BCUT2D eigenvalue weighted by Gasteiger charge is -2.19. The van der Waals surface area contributed by atoms with Gasteiger partial charge in [-0.25, -0.2) is 0 Å². The largest absolute Gasteiger partial charge is 1.00 e. The summed E-state index contributed by atoms with van der Waals surface area (Å²) in [5, 5.41) is 0. The molecular weight excluding hydrogens is 282 g/mol. The van der Waals surface area contributed by atoms with Gasteiger partial charge >= 0.3 is 0 Å². The Morgan fingerprint density at radius 3 is 2.48 bits per heavy atom. The van der Waals surface area contributed by atoms with Crippen LogP contribution in [-0.2, 0) is 6.54 Å². The van der Waals surface area contributed by atoms with E-state index in [0.717, 1.165) is 25.6 Å². The van der Waals surface area contributed by atoms with E-state index in [1.54, 1.807) is 0 Å². The first-order chi connectivity index (χ1) is 9.83. The minimum atomic E-state index is 0. The molecule has 2 aromatic rings. The van der Waals surface area contributed by atoms with E-state index in [4.69, 9.17) is 0 Å². The molecule has 0 spiro atoms. The first-order valence-electron chi connectivity index (χ1n) is 7.07. The smallest absolute Gasteiger partial charge is 0.206 e. The third kappa shape index (κ3) is 2.28. The number of aryl methyl sites for hydroxylation is 1. The summed E-state index contributed by atoms with van der Waals surface area (Å²) in [4.78, 5) is 9.33. The van der Waals surface area contributed by atoms with Crippen LogP contribution >= 0.6 is 0 Å². The molecule has 108 valence electrons. The molecule has 0 saturated heterocycles. The Hall–Kier alpha value is -2.00. The highest BCUT2D eigenvalue weighted by Crippen LogP contribution is 2.39. The van der Waals surface area contributed by atoms with Gasteiger partial charge in [0.2, 0.25) is 5.96 Å². The van der Waals surface area contributed by atoms with Gasteiger partial charge in [0.15, 0.2) is 0 Å². The molecule has 0 N–H and O–H groups in total. The third-order valence-electron chi connectivity index (χ3n) is 3.98. The van der Waals surface area contributed by atoms with Crippen molar-refractivity contribution in [3.8, 4) is 0 Å². The van der Waals surface area contributed by atoms with E-state index in [1.165, 1.54) is 22.5 Å². The standard InChI is InChI=1S/C17H17N3.ClH/c1-13-6-8-14(9-7-13)12-20-16-5-3-2-4-15(16)19-11-10-18-17(19)20;/h2-9H,10-12H2,1H3;1H/p-1. The number of benzene rings is 2. The van der Waals surface area contributed by atoms with Crippen molar-refractivity contribution in [3.05, 3.63) is 59.7 Å². The summed E-state index contributed by atoms with van der Waals surface area (Å²) in [6, 6.07) is 17.3. The zero-order valence-electron chi connectivity index (χ0n) is 12.0. The summed E-state index contributed by atoms with van der Waals surface area (Å²) in [7, 11) is 0. The summed E-state index contributed by atoms with van der Waals surface area (Å²) in [6.45, 7) is 4.90. The molecule has 4 rings (SSSR count). The third-order valence-corrected chi connectivity index (χ3v) is 3.98. The lowest BCUT2D eigenvalue weighted by Crippen LogP contribution is -3.00. The quantitative estimate of drug-likeness (QED) is 0.789. The molecule has 0 aliphatic carbocycles. The molecule has 21 heavy (non-hydrogen) atoms. The maximum atomic E-state index is 4.68. The Bertz CT molecular complexity index is 679. The number of hydrogen-bond donors (Lipinski definition) is 0. The van der Waals surface area contributed by atoms with Gasteiger partial charge in [0.05, 0.1) is 24.5 Å². The minimum Gasteiger partial charge on any atom is -1.00 e. The van der Waals surface area contributed by atoms with E-state index in [-0.39, 0.29) is 12.4 Å². The van der Waals surface area contributed by atoms with Gasteiger partial charge < -0.3 is 22.2 Å². The van der Waals surface area contributed by atoms with Gasteiger partial charge in [-0.05, 0) is 24.6 Å². The average molecular weight is 299 g/mol. The second-order valence-electron chi connectivity index (χ2n) is 5.39. The Balaban J connectivity index is 0.00000132. The van der Waals surface area contributed by atoms with Crippen LogP contribution in [0.2, 0.25) is 0 Å². The average Bonchev–Trinajstić information content (AvgIpc) is 3.05. The maximum Gasteiger partial charge on any atom is 0.206 e. The summed E-state index contributed by atoms with van der Waals surface area (Å²) < 4.78 is 0. The van der Waals surface area contributed by atoms with Crippen molar-refractivity contribution in [1.82, 2.24) is 0 Å². The van der Waals surface area contributed by atoms with Gasteiger partial charge in [0.1, 0.15) is 0 Å². The molecule has 0 bridgehead atoms. The molecule has 2 aromatic carbocycles. The summed E-state index contributed by atoms with van der Waals surface area (Å²) in [5.41, 5.74) is 5.18. The molecule has 0 unspecified atom stereocenters. The zero-order chi connectivity index (χ0) is 13.5. The Labute approximate surface area is 131 Å². The molecule has 2 aliphatic heterocycles. The molecule has 0 radical (unpaired) electrons. The van der Waals surface area contributed by atoms with Crippen molar-refractivity contribution in [1.29, 1.82) is 0 Å². The molecule has 3 nitrogen and oxygen atoms in total. The first-order valence-corrected chi connectivity index (χ1v) is 7.07. The molecule has 4 heteroatoms. The normalized spacial score (nSPS) is 15.4. The van der Waals surface area contributed by atoms with E-state index in [2.05, 4.69) is 70.2 Å². The Kier molecular flexibility index (Phi) is 3.60. The molecule has 0 atom stereocenters. The van der Waals surface area contributed by atoms with Crippen LogP contribution in [0.1, 0.15) is 11.1 Å². The van der Waals surface area contributed by atoms with Gasteiger partial charge in [0, 0.05) is 6.54 Å². The number of aliphatic imine (C=N–C) groups is 1. The van der Waals surface area contributed by atoms with Gasteiger partial charge in [-0.15, -0.1) is 0 Å². The van der Waals surface area contributed by atoms with Gasteiger partial charge in [-0.3, -0.25) is 4.99 Å². The van der Waals surface area contributed by atoms with Crippen LogP contribution in [0.25, 0.3) is 0 Å². The number of hydrogen-bond acceptors (Lipinski definition) is 3. The van der Waals surface area contributed by atoms with E-state index in [0.29, 0.717) is 0 Å². The fraction of sp³-hybridized carbons (Fsp3) is 0.235. The van der Waals surface area contributed by atoms with Crippen LogP contribution in [0.4, 0.5) is 11.4 Å². The fourth-order valence-electron chi connectivity index (χ4n) is 2.95. The monoisotopic (exact) mass is 298 g/mol. The number of fused-ring (bicyclic) bond motifs is 3. The second-order valence-corrected chi connectivity index (χ2v) is 5.39. The molecule has 0 amide bonds. The molecule has 0 saturated carbocycles. The molecule has 0 fully saturated rings. The highest BCUT2D eigenvalue weighted by Gasteiger charge is 2.34. The number of rotatable bonds is 2. The van der Waals surface area contributed by atoms with Gasteiger partial charge in [0.25, 0.3) is 0 Å². The number of nitrogens with zero attached hydrogens (tertiary/aromatic N) is 3. The van der Waals surface area contributed by atoms with E-state index < -0.39 is 0 Å². The number of anilines is 2. The summed E-state index contributed by atoms with van der Waals surface area (Å²) >= 11 is 0. The maximum absolute atomic E-state index is 4.68. The van der Waals surface area contributed by atoms with Crippen LogP contribution in [-0.4, -0.2) is 19.0 Å². The van der Waals surface area contributed by atoms with Crippen molar-refractivity contribution in [3.63, 3.8) is 0 Å². The van der Waals surface area contributed by atoms with Crippen molar-refractivity contribution < 1.29 is 12.4 Å². The molecule has 2 heterocycles. The second kappa shape index (κ2) is 5.41. The summed E-state index contributed by atoms with van der Waals surface area (Å²) in [6.07, 6.45) is 0. The predicted octanol–water partition coefficient (Wildman–Crippen LogP) is 0.195. The highest BCUT2D eigenvalue weighted by atomic mass is 35.5. The lowest BCUT2D eigenvalue weighted by atomic mass is 10.1. The van der Waals surface area contributed by atoms with Crippen LogP contribution < -0.4 is 22.2 Å². The predicted molar refractivity (Wildman–Crippen MR) is 83.5 cm³/mol. The number of guanidine groups is 1. The Morgan fingerprint density at radius 1 is 1.00 bits per heavy atom. The van der Waals surface area contributed by atoms with Gasteiger partial charge in [-0.1, -0.05) is 42.0 Å². The van der Waals surface area contributed by atoms with Crippen LogP contribution in [0, 0.1) is 6.92 Å². The summed E-state index contributed by atoms with van der Waals surface area (Å²) in [5.74, 6) is 1.10. The van der Waals surface area contributed by atoms with Crippen molar-refractivity contribution in [2.24, 2.45) is 4.99 Å². The molecular formula is C17H17ClN3-. The van der Waals surface area contributed by atoms with Crippen LogP contribution in [0.15, 0.2) is 53.5 Å². The first kappa shape index (κ1) is 14.0. The van der Waals surface area contributed by atoms with Crippen molar-refractivity contribution in [2.45, 2.75) is 13.5 Å².